The van der Waals surface area contributed by atoms with Gasteiger partial charge in [0, 0.05) is 23.3 Å². The number of nitrogens with zero attached hydrogens (tertiary/aromatic N) is 2. The van der Waals surface area contributed by atoms with Crippen molar-refractivity contribution < 1.29 is 9.72 Å². The molecule has 2 aromatic carbocycles. The number of benzene rings is 2. The van der Waals surface area contributed by atoms with Gasteiger partial charge in [0.25, 0.3) is 5.69 Å². The molecule has 1 N–H and O–H groups in total. The van der Waals surface area contributed by atoms with Crippen LogP contribution in [0.5, 0.6) is 0 Å². The summed E-state index contributed by atoms with van der Waals surface area (Å²) in [4.78, 5) is 28.6. The Hall–Kier alpha value is -2.44. The highest BCUT2D eigenvalue weighted by Crippen LogP contribution is 2.24. The van der Waals surface area contributed by atoms with Gasteiger partial charge in [0.2, 0.25) is 0 Å². The number of aldehydes is 1. The van der Waals surface area contributed by atoms with Gasteiger partial charge < -0.3 is 4.98 Å². The molecule has 3 aromatic rings. The van der Waals surface area contributed by atoms with E-state index in [1.54, 1.807) is 24.3 Å². The van der Waals surface area contributed by atoms with Crippen molar-refractivity contribution in [2.24, 2.45) is 0 Å². The summed E-state index contributed by atoms with van der Waals surface area (Å²) in [5.41, 5.74) is 2.60. The maximum absolute atomic E-state index is 11.0. The molecule has 6 nitrogen and oxygen atoms in total. The van der Waals surface area contributed by atoms with E-state index in [4.69, 9.17) is 0 Å². The number of non-ortho nitro benzene ring substituents is 1. The smallest absolute Gasteiger partial charge is 0.269 e. The molecule has 0 spiro atoms. The predicted octanol–water partition coefficient (Wildman–Crippen LogP) is 3.79. The second-order valence-corrected chi connectivity index (χ2v) is 4.25. The molecule has 0 fully saturated rings. The fourth-order valence-corrected chi connectivity index (χ4v) is 2.03. The first-order valence-corrected chi connectivity index (χ1v) is 5.88. The Morgan fingerprint density at radius 1 is 1.09 bits per heavy atom. The van der Waals surface area contributed by atoms with Crippen LogP contribution in [0.1, 0.15) is 10.4 Å². The lowest BCUT2D eigenvalue weighted by Gasteiger charge is -1.95. The number of imidazole rings is 1. The van der Waals surface area contributed by atoms with Crippen molar-refractivity contribution in [3.05, 3.63) is 58.1 Å². The van der Waals surface area contributed by atoms with Gasteiger partial charge in [-0.05, 0) is 24.3 Å². The van der Waals surface area contributed by atoms with Crippen molar-refractivity contribution >= 4 is 47.8 Å². The predicted molar refractivity (Wildman–Crippen MR) is 88.1 cm³/mol. The summed E-state index contributed by atoms with van der Waals surface area (Å²) in [5.74, 6) is 0.573. The van der Waals surface area contributed by atoms with Gasteiger partial charge in [0.1, 0.15) is 5.82 Å². The van der Waals surface area contributed by atoms with Crippen molar-refractivity contribution in [2.45, 2.75) is 0 Å². The molecule has 0 radical (unpaired) electrons. The maximum Gasteiger partial charge on any atom is 0.269 e. The first-order valence-electron chi connectivity index (χ1n) is 5.88. The standard InChI is InChI=1S/C14H9N3O3.2ClH/c18-8-10-2-1-3-12-13(10)16-14(15-12)9-4-6-11(7-5-9)17(19)20;;/h1-8H,(H,15,16);2*1H. The van der Waals surface area contributed by atoms with Gasteiger partial charge in [0.05, 0.1) is 16.0 Å². The number of halogens is 2. The van der Waals surface area contributed by atoms with Gasteiger partial charge in [-0.15, -0.1) is 24.8 Å². The fraction of sp³-hybridized carbons (Fsp3) is 0. The number of nitro groups is 1. The van der Waals surface area contributed by atoms with E-state index in [-0.39, 0.29) is 30.5 Å². The molecule has 0 saturated heterocycles. The number of aromatic amines is 1. The van der Waals surface area contributed by atoms with E-state index < -0.39 is 4.92 Å². The van der Waals surface area contributed by atoms with Crippen molar-refractivity contribution in [3.8, 4) is 11.4 Å². The molecule has 0 aliphatic heterocycles. The molecule has 0 amide bonds. The minimum absolute atomic E-state index is 0. The average Bonchev–Trinajstić information content (AvgIpc) is 2.91. The number of carbonyl (C=O) groups is 1. The molecule has 3 rings (SSSR count). The zero-order valence-electron chi connectivity index (χ0n) is 11.1. The van der Waals surface area contributed by atoms with Crippen LogP contribution in [0, 0.1) is 10.1 Å². The van der Waals surface area contributed by atoms with Crippen LogP contribution >= 0.6 is 24.8 Å². The summed E-state index contributed by atoms with van der Waals surface area (Å²) < 4.78 is 0. The lowest BCUT2D eigenvalue weighted by molar-refractivity contribution is -0.384. The maximum atomic E-state index is 11.0. The van der Waals surface area contributed by atoms with Crippen LogP contribution in [-0.4, -0.2) is 21.2 Å². The summed E-state index contributed by atoms with van der Waals surface area (Å²) in [6.07, 6.45) is 0.753. The molecule has 0 aliphatic carbocycles. The number of aromatic nitrogens is 2. The number of fused-ring (bicyclic) bond motifs is 1. The molecule has 8 heteroatoms. The monoisotopic (exact) mass is 339 g/mol. The second kappa shape index (κ2) is 7.02. The zero-order valence-corrected chi connectivity index (χ0v) is 12.7. The molecule has 0 unspecified atom stereocenters. The lowest BCUT2D eigenvalue weighted by atomic mass is 10.2. The van der Waals surface area contributed by atoms with Crippen LogP contribution in [0.25, 0.3) is 22.4 Å². The molecule has 1 heterocycles. The highest BCUT2D eigenvalue weighted by Gasteiger charge is 2.10. The van der Waals surface area contributed by atoms with Crippen LogP contribution in [-0.2, 0) is 0 Å². The number of hydrogen-bond acceptors (Lipinski definition) is 4. The molecule has 22 heavy (non-hydrogen) atoms. The number of para-hydroxylation sites is 1. The third kappa shape index (κ3) is 3.08. The van der Waals surface area contributed by atoms with Crippen molar-refractivity contribution in [1.29, 1.82) is 0 Å². The zero-order chi connectivity index (χ0) is 14.1. The molecule has 114 valence electrons. The number of hydrogen-bond donors (Lipinski definition) is 1. The van der Waals surface area contributed by atoms with E-state index in [1.165, 1.54) is 12.1 Å². The molecule has 0 atom stereocenters. The van der Waals surface area contributed by atoms with E-state index in [0.717, 1.165) is 17.4 Å². The Morgan fingerprint density at radius 2 is 1.77 bits per heavy atom. The number of nitrogens with one attached hydrogen (secondary N) is 1. The van der Waals surface area contributed by atoms with Crippen LogP contribution in [0.2, 0.25) is 0 Å². The van der Waals surface area contributed by atoms with Gasteiger partial charge >= 0.3 is 0 Å². The molecule has 0 bridgehead atoms. The molecule has 0 aliphatic rings. The van der Waals surface area contributed by atoms with E-state index in [2.05, 4.69) is 9.97 Å². The van der Waals surface area contributed by atoms with Crippen LogP contribution < -0.4 is 0 Å². The second-order valence-electron chi connectivity index (χ2n) is 4.25. The largest absolute Gasteiger partial charge is 0.338 e. The number of nitro benzene ring substituents is 1. The van der Waals surface area contributed by atoms with E-state index in [9.17, 15) is 14.9 Å². The van der Waals surface area contributed by atoms with Crippen molar-refractivity contribution in [3.63, 3.8) is 0 Å². The summed E-state index contributed by atoms with van der Waals surface area (Å²) in [6, 6.07) is 11.4. The Labute approximate surface area is 137 Å². The minimum atomic E-state index is -0.451. The van der Waals surface area contributed by atoms with Crippen LogP contribution in [0.3, 0.4) is 0 Å². The van der Waals surface area contributed by atoms with Gasteiger partial charge in [-0.1, -0.05) is 6.07 Å². The van der Waals surface area contributed by atoms with Gasteiger partial charge in [0.15, 0.2) is 6.29 Å². The fourth-order valence-electron chi connectivity index (χ4n) is 2.03. The molecule has 0 saturated carbocycles. The van der Waals surface area contributed by atoms with E-state index >= 15 is 0 Å². The summed E-state index contributed by atoms with van der Waals surface area (Å²) in [7, 11) is 0. The van der Waals surface area contributed by atoms with Gasteiger partial charge in [-0.3, -0.25) is 14.9 Å². The normalized spacial score (nSPS) is 9.64. The number of H-pyrrole nitrogens is 1. The Balaban J connectivity index is 0.00000121. The number of carbonyl (C=O) groups excluding carboxylic acids is 1. The van der Waals surface area contributed by atoms with Crippen LogP contribution in [0.4, 0.5) is 5.69 Å². The molecular formula is C14H11Cl2N3O3. The SMILES string of the molecule is Cl.Cl.O=Cc1cccc2[nH]c(-c3ccc([N+](=O)[O-])cc3)nc12. The van der Waals surface area contributed by atoms with Gasteiger partial charge in [-0.25, -0.2) is 4.98 Å². The van der Waals surface area contributed by atoms with Crippen molar-refractivity contribution in [2.75, 3.05) is 0 Å². The first-order chi connectivity index (χ1) is 9.69. The number of rotatable bonds is 3. The van der Waals surface area contributed by atoms with Gasteiger partial charge in [-0.2, -0.15) is 0 Å². The quantitative estimate of drug-likeness (QED) is 0.446. The Kier molecular flexibility index (Phi) is 5.62. The highest BCUT2D eigenvalue weighted by molar-refractivity contribution is 5.95. The average molecular weight is 340 g/mol. The lowest BCUT2D eigenvalue weighted by Crippen LogP contribution is -1.87. The Bertz CT molecular complexity index is 816. The summed E-state index contributed by atoms with van der Waals surface area (Å²) >= 11 is 0. The topological polar surface area (TPSA) is 88.9 Å². The Morgan fingerprint density at radius 3 is 2.36 bits per heavy atom. The van der Waals surface area contributed by atoms with E-state index in [1.807, 2.05) is 6.07 Å². The molecule has 1 aromatic heterocycles. The third-order valence-electron chi connectivity index (χ3n) is 3.02. The molecular weight excluding hydrogens is 329 g/mol. The highest BCUT2D eigenvalue weighted by atomic mass is 35.5. The summed E-state index contributed by atoms with van der Waals surface area (Å²) in [6.45, 7) is 0. The first kappa shape index (κ1) is 17.6. The van der Waals surface area contributed by atoms with Crippen molar-refractivity contribution in [1.82, 2.24) is 9.97 Å². The third-order valence-corrected chi connectivity index (χ3v) is 3.02. The van der Waals surface area contributed by atoms with Crippen LogP contribution in [0.15, 0.2) is 42.5 Å². The van der Waals surface area contributed by atoms with E-state index in [0.29, 0.717) is 16.9 Å². The summed E-state index contributed by atoms with van der Waals surface area (Å²) in [5, 5.41) is 10.6. The minimum Gasteiger partial charge on any atom is -0.338 e.